The SMILES string of the molecule is C=C(C(C)=O)C(F)(F)CN. The van der Waals surface area contributed by atoms with Gasteiger partial charge in [0.25, 0.3) is 5.92 Å². The average Bonchev–Trinajstić information content (AvgIpc) is 1.86. The van der Waals surface area contributed by atoms with Gasteiger partial charge < -0.3 is 5.73 Å². The number of hydrogen-bond acceptors (Lipinski definition) is 2. The Morgan fingerprint density at radius 3 is 2.20 bits per heavy atom. The summed E-state index contributed by atoms with van der Waals surface area (Å²) >= 11 is 0. The zero-order valence-corrected chi connectivity index (χ0v) is 5.66. The Balaban J connectivity index is 4.33. The first-order valence-corrected chi connectivity index (χ1v) is 2.70. The van der Waals surface area contributed by atoms with E-state index in [9.17, 15) is 13.6 Å². The number of Topliss-reactive ketones (excluding diaryl/α,β-unsaturated/α-hetero) is 1. The molecule has 58 valence electrons. The molecule has 0 saturated heterocycles. The highest BCUT2D eigenvalue weighted by molar-refractivity contribution is 5.94. The van der Waals surface area contributed by atoms with Gasteiger partial charge in [-0.25, -0.2) is 0 Å². The van der Waals surface area contributed by atoms with E-state index in [2.05, 4.69) is 12.3 Å². The first kappa shape index (κ1) is 9.23. The summed E-state index contributed by atoms with van der Waals surface area (Å²) in [5, 5.41) is 0. The van der Waals surface area contributed by atoms with Crippen LogP contribution in [0.2, 0.25) is 0 Å². The highest BCUT2D eigenvalue weighted by atomic mass is 19.3. The van der Waals surface area contributed by atoms with Crippen molar-refractivity contribution in [3.05, 3.63) is 12.2 Å². The van der Waals surface area contributed by atoms with E-state index in [0.717, 1.165) is 6.92 Å². The van der Waals surface area contributed by atoms with E-state index in [4.69, 9.17) is 0 Å². The van der Waals surface area contributed by atoms with E-state index in [1.807, 2.05) is 0 Å². The molecule has 0 aromatic carbocycles. The molecular formula is C6H9F2NO. The van der Waals surface area contributed by atoms with Gasteiger partial charge in [-0.1, -0.05) is 6.58 Å². The first-order chi connectivity index (χ1) is 4.41. The highest BCUT2D eigenvalue weighted by Crippen LogP contribution is 2.21. The van der Waals surface area contributed by atoms with Gasteiger partial charge in [-0.2, -0.15) is 8.78 Å². The summed E-state index contributed by atoms with van der Waals surface area (Å²) in [7, 11) is 0. The Kier molecular flexibility index (Phi) is 2.65. The van der Waals surface area contributed by atoms with Crippen molar-refractivity contribution in [2.75, 3.05) is 6.54 Å². The highest BCUT2D eigenvalue weighted by Gasteiger charge is 2.33. The fourth-order valence-electron chi connectivity index (χ4n) is 0.381. The third-order valence-electron chi connectivity index (χ3n) is 1.12. The van der Waals surface area contributed by atoms with Crippen LogP contribution in [0.1, 0.15) is 6.92 Å². The molecule has 0 aromatic rings. The summed E-state index contributed by atoms with van der Waals surface area (Å²) in [6.45, 7) is 3.08. The zero-order valence-electron chi connectivity index (χ0n) is 5.66. The maximum Gasteiger partial charge on any atom is 0.288 e. The number of rotatable bonds is 3. The van der Waals surface area contributed by atoms with Crippen molar-refractivity contribution in [3.63, 3.8) is 0 Å². The van der Waals surface area contributed by atoms with Gasteiger partial charge in [0.2, 0.25) is 0 Å². The molecule has 0 unspecified atom stereocenters. The number of ketones is 1. The Labute approximate surface area is 57.7 Å². The lowest BCUT2D eigenvalue weighted by Crippen LogP contribution is -2.32. The second-order valence-electron chi connectivity index (χ2n) is 1.94. The molecule has 0 heterocycles. The predicted octanol–water partition coefficient (Wildman–Crippen LogP) is 0.726. The molecule has 0 radical (unpaired) electrons. The van der Waals surface area contributed by atoms with Crippen molar-refractivity contribution in [3.8, 4) is 0 Å². The third kappa shape index (κ3) is 1.88. The molecule has 0 bridgehead atoms. The fourth-order valence-corrected chi connectivity index (χ4v) is 0.381. The van der Waals surface area contributed by atoms with Crippen LogP contribution in [-0.4, -0.2) is 18.3 Å². The molecule has 0 fully saturated rings. The molecule has 0 aliphatic carbocycles. The van der Waals surface area contributed by atoms with Gasteiger partial charge >= 0.3 is 0 Å². The second-order valence-corrected chi connectivity index (χ2v) is 1.94. The molecule has 0 aromatic heterocycles. The number of carbonyl (C=O) groups excluding carboxylic acids is 1. The molecular weight excluding hydrogens is 140 g/mol. The van der Waals surface area contributed by atoms with Crippen LogP contribution in [0, 0.1) is 0 Å². The smallest absolute Gasteiger partial charge is 0.288 e. The number of halogens is 2. The molecule has 2 N–H and O–H groups in total. The van der Waals surface area contributed by atoms with E-state index >= 15 is 0 Å². The normalized spacial score (nSPS) is 11.2. The number of alkyl halides is 2. The predicted molar refractivity (Wildman–Crippen MR) is 33.8 cm³/mol. The molecule has 4 heteroatoms. The summed E-state index contributed by atoms with van der Waals surface area (Å²) in [6.07, 6.45) is 0. The van der Waals surface area contributed by atoms with Crippen LogP contribution in [0.5, 0.6) is 0 Å². The van der Waals surface area contributed by atoms with Gasteiger partial charge in [0, 0.05) is 0 Å². The molecule has 0 rings (SSSR count). The molecule has 0 amide bonds. The van der Waals surface area contributed by atoms with Crippen LogP contribution >= 0.6 is 0 Å². The fraction of sp³-hybridized carbons (Fsp3) is 0.500. The quantitative estimate of drug-likeness (QED) is 0.601. The van der Waals surface area contributed by atoms with E-state index in [0.29, 0.717) is 0 Å². The Morgan fingerprint density at radius 1 is 1.70 bits per heavy atom. The van der Waals surface area contributed by atoms with E-state index in [1.165, 1.54) is 0 Å². The Hall–Kier alpha value is -0.770. The average molecular weight is 149 g/mol. The standard InChI is InChI=1S/C6H9F2NO/c1-4(5(2)10)6(7,8)3-9/h1,3,9H2,2H3. The molecule has 0 aliphatic rings. The van der Waals surface area contributed by atoms with E-state index < -0.39 is 23.8 Å². The maximum absolute atomic E-state index is 12.4. The van der Waals surface area contributed by atoms with Crippen LogP contribution < -0.4 is 5.73 Å². The third-order valence-corrected chi connectivity index (χ3v) is 1.12. The van der Waals surface area contributed by atoms with Gasteiger partial charge in [0.05, 0.1) is 12.1 Å². The van der Waals surface area contributed by atoms with Crippen LogP contribution in [-0.2, 0) is 4.79 Å². The van der Waals surface area contributed by atoms with Gasteiger partial charge in [-0.05, 0) is 6.92 Å². The van der Waals surface area contributed by atoms with Gasteiger partial charge in [0.15, 0.2) is 5.78 Å². The van der Waals surface area contributed by atoms with E-state index in [1.54, 1.807) is 0 Å². The molecule has 0 saturated carbocycles. The van der Waals surface area contributed by atoms with Gasteiger partial charge in [-0.3, -0.25) is 4.79 Å². The van der Waals surface area contributed by atoms with Crippen molar-refractivity contribution in [2.45, 2.75) is 12.8 Å². The summed E-state index contributed by atoms with van der Waals surface area (Å²) in [5.41, 5.74) is 3.96. The minimum Gasteiger partial charge on any atom is -0.325 e. The van der Waals surface area contributed by atoms with Crippen LogP contribution in [0.25, 0.3) is 0 Å². The van der Waals surface area contributed by atoms with Crippen molar-refractivity contribution in [1.82, 2.24) is 0 Å². The first-order valence-electron chi connectivity index (χ1n) is 2.70. The summed E-state index contributed by atoms with van der Waals surface area (Å²) in [5.74, 6) is -3.97. The molecule has 10 heavy (non-hydrogen) atoms. The molecule has 0 atom stereocenters. The lowest BCUT2D eigenvalue weighted by atomic mass is 10.1. The van der Waals surface area contributed by atoms with Crippen LogP contribution in [0.3, 0.4) is 0 Å². The second kappa shape index (κ2) is 2.88. The molecule has 0 spiro atoms. The summed E-state index contributed by atoms with van der Waals surface area (Å²) < 4.78 is 24.7. The van der Waals surface area contributed by atoms with E-state index in [-0.39, 0.29) is 0 Å². The summed E-state index contributed by atoms with van der Waals surface area (Å²) in [4.78, 5) is 10.3. The van der Waals surface area contributed by atoms with Crippen molar-refractivity contribution < 1.29 is 13.6 Å². The van der Waals surface area contributed by atoms with Crippen LogP contribution in [0.15, 0.2) is 12.2 Å². The van der Waals surface area contributed by atoms with Crippen molar-refractivity contribution in [1.29, 1.82) is 0 Å². The zero-order chi connectivity index (χ0) is 8.36. The maximum atomic E-state index is 12.4. The van der Waals surface area contributed by atoms with Crippen molar-refractivity contribution >= 4 is 5.78 Å². The van der Waals surface area contributed by atoms with Crippen LogP contribution in [0.4, 0.5) is 8.78 Å². The lowest BCUT2D eigenvalue weighted by Gasteiger charge is -2.13. The molecule has 2 nitrogen and oxygen atoms in total. The topological polar surface area (TPSA) is 43.1 Å². The largest absolute Gasteiger partial charge is 0.325 e. The monoisotopic (exact) mass is 149 g/mol. The number of carbonyl (C=O) groups is 1. The minimum atomic E-state index is -3.24. The van der Waals surface area contributed by atoms with Gasteiger partial charge in [-0.15, -0.1) is 0 Å². The van der Waals surface area contributed by atoms with Gasteiger partial charge in [0.1, 0.15) is 0 Å². The summed E-state index contributed by atoms with van der Waals surface area (Å²) in [6, 6.07) is 0. The Morgan fingerprint density at radius 2 is 2.10 bits per heavy atom. The molecule has 0 aliphatic heterocycles. The van der Waals surface area contributed by atoms with Crippen molar-refractivity contribution in [2.24, 2.45) is 5.73 Å². The number of hydrogen-bond donors (Lipinski definition) is 1. The lowest BCUT2D eigenvalue weighted by molar-refractivity contribution is -0.116. The minimum absolute atomic E-state index is 0.726. The Bertz CT molecular complexity index is 165. The number of nitrogens with two attached hydrogens (primary N) is 1.